The number of amides is 1. The third-order valence-electron chi connectivity index (χ3n) is 5.66. The zero-order valence-electron chi connectivity index (χ0n) is 13.1. The van der Waals surface area contributed by atoms with Gasteiger partial charge in [0.05, 0.1) is 24.6 Å². The van der Waals surface area contributed by atoms with Crippen molar-refractivity contribution >= 4 is 29.2 Å². The molecule has 1 aromatic rings. The second kappa shape index (κ2) is 5.52. The molecule has 1 amide bonds. The summed E-state index contributed by atoms with van der Waals surface area (Å²) in [7, 11) is 1.51. The van der Waals surface area contributed by atoms with Gasteiger partial charge < -0.3 is 15.2 Å². The predicted molar refractivity (Wildman–Crippen MR) is 89.0 cm³/mol. The number of nitrogens with one attached hydrogen (secondary N) is 1. The third-order valence-corrected chi connectivity index (χ3v) is 5.89. The highest BCUT2D eigenvalue weighted by Gasteiger charge is 2.63. The van der Waals surface area contributed by atoms with Gasteiger partial charge in [-0.1, -0.05) is 23.8 Å². The Labute approximate surface area is 144 Å². The molecule has 126 valence electrons. The van der Waals surface area contributed by atoms with Crippen LogP contribution < -0.4 is 10.1 Å². The monoisotopic (exact) mass is 347 g/mol. The van der Waals surface area contributed by atoms with E-state index in [9.17, 15) is 14.7 Å². The number of carboxylic acids is 1. The quantitative estimate of drug-likeness (QED) is 0.821. The van der Waals surface area contributed by atoms with Gasteiger partial charge in [-0.2, -0.15) is 0 Å². The first-order valence-electron chi connectivity index (χ1n) is 8.07. The molecule has 1 aromatic carbocycles. The average molecular weight is 348 g/mol. The lowest BCUT2D eigenvalue weighted by Gasteiger charge is -2.41. The number of halogens is 1. The molecule has 0 aromatic heterocycles. The lowest BCUT2D eigenvalue weighted by molar-refractivity contribution is -0.152. The third kappa shape index (κ3) is 2.30. The number of anilines is 1. The summed E-state index contributed by atoms with van der Waals surface area (Å²) in [6.45, 7) is 0. The molecule has 2 saturated carbocycles. The van der Waals surface area contributed by atoms with Gasteiger partial charge in [0.15, 0.2) is 0 Å². The molecule has 2 bridgehead atoms. The minimum atomic E-state index is -0.891. The van der Waals surface area contributed by atoms with E-state index in [4.69, 9.17) is 16.3 Å². The summed E-state index contributed by atoms with van der Waals surface area (Å²) in [5, 5.41) is 13.0. The fourth-order valence-corrected chi connectivity index (χ4v) is 4.74. The van der Waals surface area contributed by atoms with Gasteiger partial charge in [-0.15, -0.1) is 0 Å². The van der Waals surface area contributed by atoms with Crippen LogP contribution in [0.4, 0.5) is 5.69 Å². The van der Waals surface area contributed by atoms with Crippen LogP contribution in [-0.2, 0) is 9.59 Å². The minimum absolute atomic E-state index is 0.00581. The first-order valence-corrected chi connectivity index (χ1v) is 8.44. The number of allylic oxidation sites excluding steroid dienone is 2. The van der Waals surface area contributed by atoms with E-state index < -0.39 is 17.8 Å². The van der Waals surface area contributed by atoms with Crippen LogP contribution in [0.5, 0.6) is 5.75 Å². The Morgan fingerprint density at radius 2 is 1.88 bits per heavy atom. The minimum Gasteiger partial charge on any atom is -0.495 e. The van der Waals surface area contributed by atoms with Gasteiger partial charge in [0.1, 0.15) is 5.75 Å². The summed E-state index contributed by atoms with van der Waals surface area (Å²) < 4.78 is 5.25. The predicted octanol–water partition coefficient (Wildman–Crippen LogP) is 3.06. The molecule has 0 radical (unpaired) electrons. The number of carboxylic acid groups (broad SMARTS) is 1. The van der Waals surface area contributed by atoms with Crippen LogP contribution in [-0.4, -0.2) is 24.1 Å². The van der Waals surface area contributed by atoms with E-state index >= 15 is 0 Å². The number of carbonyl (C=O) groups is 2. The Balaban J connectivity index is 1.63. The fourth-order valence-electron chi connectivity index (χ4n) is 4.56. The molecule has 2 N–H and O–H groups in total. The van der Waals surface area contributed by atoms with E-state index in [1.807, 2.05) is 12.2 Å². The van der Waals surface area contributed by atoms with Crippen molar-refractivity contribution in [2.24, 2.45) is 35.5 Å². The number of carbonyl (C=O) groups excluding carboxylic acids is 1. The fraction of sp³-hybridized carbons (Fsp3) is 0.444. The highest BCUT2D eigenvalue weighted by atomic mass is 35.5. The maximum atomic E-state index is 12.9. The molecule has 6 heteroatoms. The number of hydrogen-bond acceptors (Lipinski definition) is 3. The van der Waals surface area contributed by atoms with E-state index in [1.54, 1.807) is 18.2 Å². The van der Waals surface area contributed by atoms with Gasteiger partial charge in [-0.05, 0) is 48.3 Å². The molecule has 5 nitrogen and oxygen atoms in total. The largest absolute Gasteiger partial charge is 0.495 e. The summed E-state index contributed by atoms with van der Waals surface area (Å²) in [6.07, 6.45) is 5.06. The number of aliphatic carboxylic acids is 1. The topological polar surface area (TPSA) is 75.6 Å². The summed E-state index contributed by atoms with van der Waals surface area (Å²) in [6, 6.07) is 4.97. The number of ether oxygens (including phenoxy) is 1. The van der Waals surface area contributed by atoms with E-state index in [2.05, 4.69) is 5.32 Å². The van der Waals surface area contributed by atoms with E-state index in [0.29, 0.717) is 28.3 Å². The SMILES string of the molecule is COc1ccc(Cl)cc1NC(=O)[C@@H]1[C@@H]2C=C[C@@H]([C@@H]3C[C@H]23)[C@@H]1C(=O)O. The van der Waals surface area contributed by atoms with Gasteiger partial charge in [0, 0.05) is 5.02 Å². The molecule has 24 heavy (non-hydrogen) atoms. The Morgan fingerprint density at radius 1 is 1.21 bits per heavy atom. The molecule has 0 unspecified atom stereocenters. The smallest absolute Gasteiger partial charge is 0.307 e. The van der Waals surface area contributed by atoms with E-state index in [1.165, 1.54) is 7.11 Å². The number of methoxy groups -OCH3 is 1. The first-order chi connectivity index (χ1) is 11.5. The van der Waals surface area contributed by atoms with E-state index in [0.717, 1.165) is 6.42 Å². The van der Waals surface area contributed by atoms with Crippen molar-refractivity contribution in [3.8, 4) is 5.75 Å². The summed E-state index contributed by atoms with van der Waals surface area (Å²) in [5.74, 6) is -1.01. The summed E-state index contributed by atoms with van der Waals surface area (Å²) in [5.41, 5.74) is 0.469. The van der Waals surface area contributed by atoms with Crippen LogP contribution in [0.3, 0.4) is 0 Å². The van der Waals surface area contributed by atoms with Crippen molar-refractivity contribution in [1.29, 1.82) is 0 Å². The van der Waals surface area contributed by atoms with Crippen molar-refractivity contribution < 1.29 is 19.4 Å². The lowest BCUT2D eigenvalue weighted by Crippen LogP contribution is -2.48. The number of rotatable bonds is 4. The van der Waals surface area contributed by atoms with Gasteiger partial charge >= 0.3 is 5.97 Å². The molecule has 0 aliphatic heterocycles. The zero-order valence-corrected chi connectivity index (χ0v) is 13.9. The zero-order chi connectivity index (χ0) is 17.0. The van der Waals surface area contributed by atoms with Crippen LogP contribution in [0, 0.1) is 35.5 Å². The van der Waals surface area contributed by atoms with E-state index in [-0.39, 0.29) is 17.7 Å². The van der Waals surface area contributed by atoms with Crippen LogP contribution in [0.2, 0.25) is 5.02 Å². The number of hydrogen-bond donors (Lipinski definition) is 2. The second-order valence-corrected chi connectivity index (χ2v) is 7.26. The molecule has 4 aliphatic rings. The molecular formula is C18H18ClNO4. The first kappa shape index (κ1) is 15.5. The Morgan fingerprint density at radius 3 is 2.50 bits per heavy atom. The van der Waals surface area contributed by atoms with Crippen molar-refractivity contribution in [2.45, 2.75) is 6.42 Å². The Hall–Kier alpha value is -2.01. The average Bonchev–Trinajstić information content (AvgIpc) is 3.36. The van der Waals surface area contributed by atoms with Crippen molar-refractivity contribution in [2.75, 3.05) is 12.4 Å². The highest BCUT2D eigenvalue weighted by Crippen LogP contribution is 2.63. The molecule has 0 heterocycles. The molecular weight excluding hydrogens is 330 g/mol. The molecule has 0 saturated heterocycles. The molecule has 0 spiro atoms. The van der Waals surface area contributed by atoms with Crippen molar-refractivity contribution in [3.63, 3.8) is 0 Å². The second-order valence-electron chi connectivity index (χ2n) is 6.83. The van der Waals surface area contributed by atoms with Crippen LogP contribution in [0.25, 0.3) is 0 Å². The lowest BCUT2D eigenvalue weighted by atomic mass is 9.62. The Bertz CT molecular complexity index is 747. The van der Waals surface area contributed by atoms with Gasteiger partial charge in [0.2, 0.25) is 5.91 Å². The molecule has 5 rings (SSSR count). The maximum absolute atomic E-state index is 12.9. The van der Waals surface area contributed by atoms with Gasteiger partial charge in [-0.3, -0.25) is 9.59 Å². The van der Waals surface area contributed by atoms with Crippen LogP contribution in [0.1, 0.15) is 6.42 Å². The van der Waals surface area contributed by atoms with Crippen molar-refractivity contribution in [1.82, 2.24) is 0 Å². The summed E-state index contributed by atoms with van der Waals surface area (Å²) >= 11 is 6.00. The number of benzene rings is 1. The number of fused-ring (bicyclic) bond motifs is 1. The Kier molecular flexibility index (Phi) is 3.57. The van der Waals surface area contributed by atoms with Crippen molar-refractivity contribution in [3.05, 3.63) is 35.4 Å². The summed E-state index contributed by atoms with van der Waals surface area (Å²) in [4.78, 5) is 24.7. The normalized spacial score (nSPS) is 35.2. The van der Waals surface area contributed by atoms with Gasteiger partial charge in [-0.25, -0.2) is 0 Å². The molecule has 6 atom stereocenters. The molecule has 4 aliphatic carbocycles. The highest BCUT2D eigenvalue weighted by molar-refractivity contribution is 6.31. The van der Waals surface area contributed by atoms with Crippen LogP contribution in [0.15, 0.2) is 30.4 Å². The van der Waals surface area contributed by atoms with Gasteiger partial charge in [0.25, 0.3) is 0 Å². The maximum Gasteiger partial charge on any atom is 0.307 e. The standard InChI is InChI=1S/C18H18ClNO4/c1-24-14-5-2-8(19)6-13(14)20-17(21)15-9-3-4-10(12-7-11(9)12)16(15)18(22)23/h2-6,9-12,15-16H,7H2,1H3,(H,20,21)(H,22,23)/t9-,10+,11-,12+,15-,16+/m1/s1. The molecule has 2 fully saturated rings. The van der Waals surface area contributed by atoms with Crippen LogP contribution >= 0.6 is 11.6 Å².